The van der Waals surface area contributed by atoms with E-state index in [4.69, 9.17) is 5.73 Å². The first-order valence-electron chi connectivity index (χ1n) is 6.42. The van der Waals surface area contributed by atoms with Crippen LogP contribution in [0.1, 0.15) is 47.0 Å². The van der Waals surface area contributed by atoms with Gasteiger partial charge in [-0.3, -0.25) is 4.79 Å². The zero-order chi connectivity index (χ0) is 14.1. The predicted molar refractivity (Wildman–Crippen MR) is 69.0 cm³/mol. The lowest BCUT2D eigenvalue weighted by Gasteiger charge is -2.43. The summed E-state index contributed by atoms with van der Waals surface area (Å²) in [5.41, 5.74) is 4.58. The molecule has 1 aliphatic rings. The number of carboxylic acids is 1. The molecule has 5 nitrogen and oxygen atoms in total. The van der Waals surface area contributed by atoms with Gasteiger partial charge in [0.25, 0.3) is 0 Å². The molecule has 1 heterocycles. The Bertz CT molecular complexity index is 345. The summed E-state index contributed by atoms with van der Waals surface area (Å²) in [6.45, 7) is 7.66. The molecule has 18 heavy (non-hydrogen) atoms. The number of nitrogens with zero attached hydrogens (tertiary/aromatic N) is 1. The molecule has 1 fully saturated rings. The molecule has 1 amide bonds. The highest BCUT2D eigenvalue weighted by Crippen LogP contribution is 2.33. The van der Waals surface area contributed by atoms with Gasteiger partial charge in [0.05, 0.1) is 5.41 Å². The minimum absolute atomic E-state index is 0.165. The number of amides is 1. The third kappa shape index (κ3) is 2.66. The van der Waals surface area contributed by atoms with Gasteiger partial charge in [-0.05, 0) is 47.0 Å². The van der Waals surface area contributed by atoms with Gasteiger partial charge in [0.15, 0.2) is 0 Å². The van der Waals surface area contributed by atoms with Crippen molar-refractivity contribution in [1.82, 2.24) is 4.90 Å². The minimum atomic E-state index is -0.923. The number of rotatable bonds is 3. The number of piperidine rings is 1. The van der Waals surface area contributed by atoms with Gasteiger partial charge in [-0.2, -0.15) is 0 Å². The van der Waals surface area contributed by atoms with Crippen molar-refractivity contribution < 1.29 is 14.7 Å². The van der Waals surface area contributed by atoms with Crippen LogP contribution in [0.15, 0.2) is 0 Å². The molecule has 1 aliphatic heterocycles. The Hall–Kier alpha value is -1.10. The molecule has 3 N–H and O–H groups in total. The van der Waals surface area contributed by atoms with Crippen LogP contribution in [-0.4, -0.2) is 40.0 Å². The van der Waals surface area contributed by atoms with Gasteiger partial charge in [0, 0.05) is 12.1 Å². The number of carboxylic acid groups (broad SMARTS) is 1. The van der Waals surface area contributed by atoms with Crippen LogP contribution in [0.2, 0.25) is 0 Å². The summed E-state index contributed by atoms with van der Waals surface area (Å²) in [4.78, 5) is 25.3. The molecule has 104 valence electrons. The van der Waals surface area contributed by atoms with Crippen LogP contribution in [0.4, 0.5) is 0 Å². The summed E-state index contributed by atoms with van der Waals surface area (Å²) in [6, 6.07) is -0.701. The second kappa shape index (κ2) is 4.88. The van der Waals surface area contributed by atoms with Crippen molar-refractivity contribution >= 4 is 11.9 Å². The summed E-state index contributed by atoms with van der Waals surface area (Å²) < 4.78 is 0. The Balaban J connectivity index is 2.97. The van der Waals surface area contributed by atoms with E-state index in [0.717, 1.165) is 12.8 Å². The van der Waals surface area contributed by atoms with E-state index >= 15 is 0 Å². The smallest absolute Gasteiger partial charge is 0.326 e. The molecule has 1 unspecified atom stereocenters. The third-order valence-corrected chi connectivity index (χ3v) is 4.19. The number of carbonyl (C=O) groups excluding carboxylic acids is 1. The Morgan fingerprint density at radius 1 is 1.22 bits per heavy atom. The summed E-state index contributed by atoms with van der Waals surface area (Å²) in [5.74, 6) is -1.09. The molecule has 0 aromatic rings. The lowest BCUT2D eigenvalue weighted by atomic mass is 9.73. The highest BCUT2D eigenvalue weighted by atomic mass is 16.4. The lowest BCUT2D eigenvalue weighted by Crippen LogP contribution is -2.60. The SMILES string of the molecule is CC(C)(N)C(C)(C)C(=O)N1CCCCC1C(=O)O. The van der Waals surface area contributed by atoms with Crippen LogP contribution >= 0.6 is 0 Å². The van der Waals surface area contributed by atoms with Crippen molar-refractivity contribution in [2.75, 3.05) is 6.54 Å². The lowest BCUT2D eigenvalue weighted by molar-refractivity contribution is -0.158. The first-order chi connectivity index (χ1) is 8.09. The van der Waals surface area contributed by atoms with Crippen LogP contribution < -0.4 is 5.73 Å². The van der Waals surface area contributed by atoms with Crippen molar-refractivity contribution in [2.45, 2.75) is 58.5 Å². The van der Waals surface area contributed by atoms with Gasteiger partial charge in [-0.25, -0.2) is 4.79 Å². The maximum absolute atomic E-state index is 12.6. The number of aliphatic carboxylic acids is 1. The monoisotopic (exact) mass is 256 g/mol. The third-order valence-electron chi connectivity index (χ3n) is 4.19. The number of hydrogen-bond donors (Lipinski definition) is 2. The van der Waals surface area contributed by atoms with Crippen LogP contribution in [-0.2, 0) is 9.59 Å². The molecule has 1 rings (SSSR count). The standard InChI is InChI=1S/C13H24N2O3/c1-12(2,13(3,4)14)11(18)15-8-6-5-7-9(15)10(16)17/h9H,5-8,14H2,1-4H3,(H,16,17). The van der Waals surface area contributed by atoms with E-state index in [1.165, 1.54) is 4.90 Å². The molecular weight excluding hydrogens is 232 g/mol. The van der Waals surface area contributed by atoms with Crippen molar-refractivity contribution in [3.63, 3.8) is 0 Å². The highest BCUT2D eigenvalue weighted by Gasteiger charge is 2.45. The Morgan fingerprint density at radius 3 is 2.22 bits per heavy atom. The topological polar surface area (TPSA) is 83.6 Å². The van der Waals surface area contributed by atoms with Gasteiger partial charge >= 0.3 is 5.97 Å². The highest BCUT2D eigenvalue weighted by molar-refractivity contribution is 5.88. The van der Waals surface area contributed by atoms with Crippen molar-refractivity contribution in [1.29, 1.82) is 0 Å². The van der Waals surface area contributed by atoms with Gasteiger partial charge in [0.2, 0.25) is 5.91 Å². The van der Waals surface area contributed by atoms with E-state index in [1.54, 1.807) is 27.7 Å². The molecule has 0 aromatic heterocycles. The summed E-state index contributed by atoms with van der Waals surface area (Å²) in [7, 11) is 0. The first-order valence-corrected chi connectivity index (χ1v) is 6.42. The molecule has 0 aromatic carbocycles. The Kier molecular flexibility index (Phi) is 4.05. The van der Waals surface area contributed by atoms with Gasteiger partial charge in [-0.15, -0.1) is 0 Å². The average Bonchev–Trinajstić information content (AvgIpc) is 2.26. The fourth-order valence-corrected chi connectivity index (χ4v) is 2.07. The maximum Gasteiger partial charge on any atom is 0.326 e. The van der Waals surface area contributed by atoms with E-state index in [0.29, 0.717) is 13.0 Å². The van der Waals surface area contributed by atoms with Crippen molar-refractivity contribution in [3.8, 4) is 0 Å². The molecule has 0 spiro atoms. The second-order valence-corrected chi connectivity index (χ2v) is 6.20. The number of hydrogen-bond acceptors (Lipinski definition) is 3. The van der Waals surface area contributed by atoms with Gasteiger partial charge < -0.3 is 15.7 Å². The second-order valence-electron chi connectivity index (χ2n) is 6.20. The van der Waals surface area contributed by atoms with E-state index in [9.17, 15) is 14.7 Å². The number of nitrogens with two attached hydrogens (primary N) is 1. The largest absolute Gasteiger partial charge is 0.480 e. The van der Waals surface area contributed by atoms with E-state index in [-0.39, 0.29) is 5.91 Å². The molecule has 5 heteroatoms. The van der Waals surface area contributed by atoms with Crippen molar-refractivity contribution in [3.05, 3.63) is 0 Å². The van der Waals surface area contributed by atoms with Crippen LogP contribution in [0.3, 0.4) is 0 Å². The zero-order valence-electron chi connectivity index (χ0n) is 11.7. The van der Waals surface area contributed by atoms with Crippen LogP contribution in [0.25, 0.3) is 0 Å². The van der Waals surface area contributed by atoms with Gasteiger partial charge in [-0.1, -0.05) is 0 Å². The fraction of sp³-hybridized carbons (Fsp3) is 0.846. The normalized spacial score (nSPS) is 21.8. The summed E-state index contributed by atoms with van der Waals surface area (Å²) in [6.07, 6.45) is 2.24. The van der Waals surface area contributed by atoms with E-state index < -0.39 is 23.0 Å². The minimum Gasteiger partial charge on any atom is -0.480 e. The molecule has 0 bridgehead atoms. The van der Waals surface area contributed by atoms with Crippen LogP contribution in [0.5, 0.6) is 0 Å². The maximum atomic E-state index is 12.6. The van der Waals surface area contributed by atoms with Crippen molar-refractivity contribution in [2.24, 2.45) is 11.1 Å². The Labute approximate surface area is 108 Å². The van der Waals surface area contributed by atoms with Gasteiger partial charge in [0.1, 0.15) is 6.04 Å². The fourth-order valence-electron chi connectivity index (χ4n) is 2.07. The molecule has 0 aliphatic carbocycles. The number of likely N-dealkylation sites (tertiary alicyclic amines) is 1. The zero-order valence-corrected chi connectivity index (χ0v) is 11.7. The quantitative estimate of drug-likeness (QED) is 0.795. The predicted octanol–water partition coefficient (Wildman–Crippen LogP) is 1.22. The molecule has 1 saturated heterocycles. The molecule has 0 saturated carbocycles. The number of carbonyl (C=O) groups is 2. The van der Waals surface area contributed by atoms with E-state index in [2.05, 4.69) is 0 Å². The first kappa shape index (κ1) is 15.0. The van der Waals surface area contributed by atoms with E-state index in [1.807, 2.05) is 0 Å². The Morgan fingerprint density at radius 2 is 1.78 bits per heavy atom. The summed E-state index contributed by atoms with van der Waals surface area (Å²) >= 11 is 0. The molecular formula is C13H24N2O3. The molecule has 0 radical (unpaired) electrons. The van der Waals surface area contributed by atoms with Crippen LogP contribution in [0, 0.1) is 5.41 Å². The summed E-state index contributed by atoms with van der Waals surface area (Å²) in [5, 5.41) is 9.20. The molecule has 1 atom stereocenters. The average molecular weight is 256 g/mol.